The van der Waals surface area contributed by atoms with Crippen molar-refractivity contribution in [2.24, 2.45) is 5.92 Å². The first kappa shape index (κ1) is 12.3. The minimum Gasteiger partial charge on any atom is -0.394 e. The predicted molar refractivity (Wildman–Crippen MR) is 64.4 cm³/mol. The zero-order valence-electron chi connectivity index (χ0n) is 10.4. The zero-order chi connectivity index (χ0) is 11.4. The van der Waals surface area contributed by atoms with Crippen LogP contribution in [0.1, 0.15) is 39.0 Å². The Morgan fingerprint density at radius 2 is 2.12 bits per heavy atom. The van der Waals surface area contributed by atoms with Crippen LogP contribution in [0.2, 0.25) is 0 Å². The lowest BCUT2D eigenvalue weighted by Gasteiger charge is -2.43. The summed E-state index contributed by atoms with van der Waals surface area (Å²) in [7, 11) is 0. The van der Waals surface area contributed by atoms with E-state index >= 15 is 0 Å². The largest absolute Gasteiger partial charge is 0.394 e. The van der Waals surface area contributed by atoms with Gasteiger partial charge in [-0.3, -0.25) is 4.90 Å². The third kappa shape index (κ3) is 2.76. The van der Waals surface area contributed by atoms with Gasteiger partial charge in [-0.2, -0.15) is 0 Å². The van der Waals surface area contributed by atoms with E-state index < -0.39 is 0 Å². The number of aliphatic hydroxyl groups is 1. The number of hydrogen-bond donors (Lipinski definition) is 1. The third-order valence-electron chi connectivity index (χ3n) is 4.24. The second kappa shape index (κ2) is 5.99. The molecule has 2 rings (SSSR count). The quantitative estimate of drug-likeness (QED) is 0.795. The van der Waals surface area contributed by atoms with Gasteiger partial charge in [-0.25, -0.2) is 0 Å². The Morgan fingerprint density at radius 3 is 2.88 bits per heavy atom. The van der Waals surface area contributed by atoms with Crippen LogP contribution in [0.25, 0.3) is 0 Å². The van der Waals surface area contributed by atoms with Gasteiger partial charge in [0, 0.05) is 19.1 Å². The number of nitrogens with zero attached hydrogens (tertiary/aromatic N) is 1. The molecule has 0 spiro atoms. The van der Waals surface area contributed by atoms with Crippen molar-refractivity contribution in [2.45, 2.75) is 51.2 Å². The maximum absolute atomic E-state index is 9.18. The minimum absolute atomic E-state index is 0.0492. The Morgan fingerprint density at radius 1 is 1.31 bits per heavy atom. The second-order valence-electron chi connectivity index (χ2n) is 5.19. The van der Waals surface area contributed by atoms with Crippen molar-refractivity contribution in [1.29, 1.82) is 0 Å². The second-order valence-corrected chi connectivity index (χ2v) is 5.19. The summed E-state index contributed by atoms with van der Waals surface area (Å²) in [5, 5.41) is 9.18. The minimum atomic E-state index is 0.0492. The molecule has 1 saturated heterocycles. The predicted octanol–water partition coefficient (Wildman–Crippen LogP) is 1.65. The van der Waals surface area contributed by atoms with E-state index in [4.69, 9.17) is 4.74 Å². The van der Waals surface area contributed by atoms with Crippen molar-refractivity contribution in [3.05, 3.63) is 0 Å². The summed E-state index contributed by atoms with van der Waals surface area (Å²) >= 11 is 0. The van der Waals surface area contributed by atoms with Gasteiger partial charge in [0.15, 0.2) is 0 Å². The van der Waals surface area contributed by atoms with Gasteiger partial charge in [-0.15, -0.1) is 0 Å². The molecule has 0 aromatic heterocycles. The molecule has 1 aliphatic carbocycles. The highest BCUT2D eigenvalue weighted by Gasteiger charge is 2.32. The normalized spacial score (nSPS) is 37.5. The van der Waals surface area contributed by atoms with Gasteiger partial charge in [0.05, 0.1) is 19.3 Å². The Labute approximate surface area is 98.8 Å². The molecule has 0 aromatic rings. The summed E-state index contributed by atoms with van der Waals surface area (Å²) in [5.74, 6) is 0.867. The summed E-state index contributed by atoms with van der Waals surface area (Å²) in [6.07, 6.45) is 6.86. The molecule has 0 amide bonds. The van der Waals surface area contributed by atoms with Crippen molar-refractivity contribution in [3.8, 4) is 0 Å². The maximum atomic E-state index is 9.18. The van der Waals surface area contributed by atoms with E-state index in [1.807, 2.05) is 0 Å². The monoisotopic (exact) mass is 227 g/mol. The van der Waals surface area contributed by atoms with Crippen molar-refractivity contribution in [2.75, 3.05) is 26.3 Å². The first-order valence-electron chi connectivity index (χ1n) is 6.81. The fourth-order valence-electron chi connectivity index (χ4n) is 3.30. The van der Waals surface area contributed by atoms with E-state index in [0.29, 0.717) is 0 Å². The smallest absolute Gasteiger partial charge is 0.0932 e. The highest BCUT2D eigenvalue weighted by Crippen LogP contribution is 2.31. The molecule has 0 bridgehead atoms. The van der Waals surface area contributed by atoms with Crippen LogP contribution in [-0.2, 0) is 4.74 Å². The molecule has 3 atom stereocenters. The van der Waals surface area contributed by atoms with Gasteiger partial charge in [0.25, 0.3) is 0 Å². The van der Waals surface area contributed by atoms with E-state index in [1.165, 1.54) is 32.1 Å². The fraction of sp³-hybridized carbons (Fsp3) is 1.00. The van der Waals surface area contributed by atoms with E-state index in [1.54, 1.807) is 0 Å². The molecule has 1 saturated carbocycles. The first-order valence-corrected chi connectivity index (χ1v) is 6.81. The molecule has 3 unspecified atom stereocenters. The Hall–Kier alpha value is -0.120. The van der Waals surface area contributed by atoms with E-state index in [2.05, 4.69) is 11.8 Å². The Kier molecular flexibility index (Phi) is 4.62. The van der Waals surface area contributed by atoms with Gasteiger partial charge in [0.1, 0.15) is 0 Å². The summed E-state index contributed by atoms with van der Waals surface area (Å²) in [5.41, 5.74) is 0. The summed E-state index contributed by atoms with van der Waals surface area (Å²) in [6.45, 7) is 5.25. The standard InChI is InChI=1S/C13H25NO2/c1-2-11-5-3-4-6-13(11)14-7-8-16-12(9-14)10-15/h11-13,15H,2-10H2,1H3. The maximum Gasteiger partial charge on any atom is 0.0932 e. The first-order chi connectivity index (χ1) is 7.85. The average molecular weight is 227 g/mol. The van der Waals surface area contributed by atoms with Crippen LogP contribution in [0.15, 0.2) is 0 Å². The van der Waals surface area contributed by atoms with E-state index in [9.17, 15) is 5.11 Å². The lowest BCUT2D eigenvalue weighted by Crippen LogP contribution is -2.51. The third-order valence-corrected chi connectivity index (χ3v) is 4.24. The number of ether oxygens (including phenoxy) is 1. The highest BCUT2D eigenvalue weighted by atomic mass is 16.5. The van der Waals surface area contributed by atoms with Gasteiger partial charge in [-0.1, -0.05) is 26.2 Å². The fourth-order valence-corrected chi connectivity index (χ4v) is 3.30. The Balaban J connectivity index is 1.93. The summed E-state index contributed by atoms with van der Waals surface area (Å²) in [4.78, 5) is 2.57. The van der Waals surface area contributed by atoms with Crippen LogP contribution < -0.4 is 0 Å². The van der Waals surface area contributed by atoms with Crippen molar-refractivity contribution >= 4 is 0 Å². The molecular formula is C13H25NO2. The molecule has 1 aliphatic heterocycles. The molecule has 3 heteroatoms. The number of rotatable bonds is 3. The lowest BCUT2D eigenvalue weighted by atomic mass is 9.81. The average Bonchev–Trinajstić information content (AvgIpc) is 2.38. The van der Waals surface area contributed by atoms with Crippen LogP contribution in [-0.4, -0.2) is 48.5 Å². The molecule has 16 heavy (non-hydrogen) atoms. The number of aliphatic hydroxyl groups excluding tert-OH is 1. The number of morpholine rings is 1. The van der Waals surface area contributed by atoms with Gasteiger partial charge in [-0.05, 0) is 18.8 Å². The van der Waals surface area contributed by atoms with Crippen molar-refractivity contribution < 1.29 is 9.84 Å². The van der Waals surface area contributed by atoms with Crippen LogP contribution in [0.4, 0.5) is 0 Å². The molecule has 94 valence electrons. The van der Waals surface area contributed by atoms with E-state index in [0.717, 1.165) is 31.7 Å². The van der Waals surface area contributed by atoms with Crippen LogP contribution in [0, 0.1) is 5.92 Å². The topological polar surface area (TPSA) is 32.7 Å². The molecule has 3 nitrogen and oxygen atoms in total. The molecule has 0 radical (unpaired) electrons. The zero-order valence-corrected chi connectivity index (χ0v) is 10.4. The molecule has 1 heterocycles. The highest BCUT2D eigenvalue weighted by molar-refractivity contribution is 4.85. The molecule has 0 aromatic carbocycles. The summed E-state index contributed by atoms with van der Waals surface area (Å²) in [6, 6.07) is 0.747. The van der Waals surface area contributed by atoms with Gasteiger partial charge >= 0.3 is 0 Å². The molecule has 2 aliphatic rings. The lowest BCUT2D eigenvalue weighted by molar-refractivity contribution is -0.0764. The molecule has 2 fully saturated rings. The van der Waals surface area contributed by atoms with Crippen LogP contribution >= 0.6 is 0 Å². The number of hydrogen-bond acceptors (Lipinski definition) is 3. The van der Waals surface area contributed by atoms with Crippen LogP contribution in [0.5, 0.6) is 0 Å². The Bertz CT molecular complexity index is 210. The van der Waals surface area contributed by atoms with Crippen LogP contribution in [0.3, 0.4) is 0 Å². The van der Waals surface area contributed by atoms with E-state index in [-0.39, 0.29) is 12.7 Å². The van der Waals surface area contributed by atoms with Gasteiger partial charge in [0.2, 0.25) is 0 Å². The molecular weight excluding hydrogens is 202 g/mol. The van der Waals surface area contributed by atoms with Gasteiger partial charge < -0.3 is 9.84 Å². The SMILES string of the molecule is CCC1CCCCC1N1CCOC(CO)C1. The van der Waals surface area contributed by atoms with Crippen molar-refractivity contribution in [1.82, 2.24) is 4.90 Å². The molecule has 1 N–H and O–H groups in total. The van der Waals surface area contributed by atoms with Crippen molar-refractivity contribution in [3.63, 3.8) is 0 Å². The summed E-state index contributed by atoms with van der Waals surface area (Å²) < 4.78 is 5.53.